The van der Waals surface area contributed by atoms with Crippen LogP contribution in [0.2, 0.25) is 0 Å². The molecule has 0 aromatic heterocycles. The third-order valence-corrected chi connectivity index (χ3v) is 3.04. The zero-order chi connectivity index (χ0) is 14.8. The Balaban J connectivity index is 2.85. The average molecular weight is 278 g/mol. The number of rotatable bonds is 2. The maximum Gasteiger partial charge on any atom is 0.310 e. The van der Waals surface area contributed by atoms with E-state index in [1.165, 1.54) is 0 Å². The summed E-state index contributed by atoms with van der Waals surface area (Å²) in [5.41, 5.74) is -0.711. The first-order valence-electron chi connectivity index (χ1n) is 6.24. The summed E-state index contributed by atoms with van der Waals surface area (Å²) in [4.78, 5) is 23.6. The van der Waals surface area contributed by atoms with Crippen LogP contribution < -0.4 is 0 Å². The molecule has 0 unspecified atom stereocenters. The molecule has 1 saturated carbocycles. The second-order valence-electron chi connectivity index (χ2n) is 5.87. The highest BCUT2D eigenvalue weighted by Gasteiger charge is 2.48. The molecule has 1 rings (SSSR count). The molecule has 0 bridgehead atoms. The molecule has 0 amide bonds. The Morgan fingerprint density at radius 3 is 2.21 bits per heavy atom. The summed E-state index contributed by atoms with van der Waals surface area (Å²) in [7, 11) is 1.13. The van der Waals surface area contributed by atoms with Crippen molar-refractivity contribution in [2.24, 2.45) is 11.8 Å². The summed E-state index contributed by atoms with van der Waals surface area (Å²) in [6, 6.07) is 0. The van der Waals surface area contributed by atoms with Gasteiger partial charge in [0.15, 0.2) is 0 Å². The molecule has 4 nitrogen and oxygen atoms in total. The second kappa shape index (κ2) is 5.43. The molecule has 0 N–H and O–H groups in total. The lowest BCUT2D eigenvalue weighted by molar-refractivity contribution is -0.176. The van der Waals surface area contributed by atoms with Gasteiger partial charge in [0.2, 0.25) is 5.92 Å². The Bertz CT molecular complexity index is 360. The van der Waals surface area contributed by atoms with Crippen molar-refractivity contribution in [1.82, 2.24) is 0 Å². The summed E-state index contributed by atoms with van der Waals surface area (Å²) in [5, 5.41) is 0. The molecule has 1 aliphatic carbocycles. The maximum absolute atomic E-state index is 13.4. The van der Waals surface area contributed by atoms with Gasteiger partial charge in [0.25, 0.3) is 0 Å². The van der Waals surface area contributed by atoms with Crippen LogP contribution in [0.1, 0.15) is 40.0 Å². The Kier molecular flexibility index (Phi) is 4.53. The molecule has 6 heteroatoms. The van der Waals surface area contributed by atoms with Gasteiger partial charge in [0.05, 0.1) is 18.9 Å². The van der Waals surface area contributed by atoms with Crippen LogP contribution in [-0.2, 0) is 19.1 Å². The van der Waals surface area contributed by atoms with Crippen molar-refractivity contribution in [3.05, 3.63) is 0 Å². The van der Waals surface area contributed by atoms with Crippen LogP contribution in [0.25, 0.3) is 0 Å². The van der Waals surface area contributed by atoms with Gasteiger partial charge in [-0.1, -0.05) is 0 Å². The monoisotopic (exact) mass is 278 g/mol. The molecule has 19 heavy (non-hydrogen) atoms. The lowest BCUT2D eigenvalue weighted by atomic mass is 9.77. The number of halogens is 2. The van der Waals surface area contributed by atoms with E-state index in [4.69, 9.17) is 4.74 Å². The molecule has 0 aromatic rings. The van der Waals surface area contributed by atoms with Crippen molar-refractivity contribution in [2.45, 2.75) is 51.6 Å². The van der Waals surface area contributed by atoms with E-state index in [2.05, 4.69) is 4.74 Å². The number of carbonyl (C=O) groups excluding carboxylic acids is 2. The highest BCUT2D eigenvalue weighted by atomic mass is 19.3. The standard InChI is InChI=1S/C13H20F2O4/c1-12(2,3)19-11(17)8-5-6-13(14,15)7-9(8)10(16)18-4/h8-9H,5-7H2,1-4H3/t8-,9-/m1/s1. The molecule has 0 radical (unpaired) electrons. The highest BCUT2D eigenvalue weighted by molar-refractivity contribution is 5.82. The van der Waals surface area contributed by atoms with Crippen LogP contribution in [0, 0.1) is 11.8 Å². The predicted octanol–water partition coefficient (Wildman–Crippen LogP) is 2.55. The van der Waals surface area contributed by atoms with E-state index in [1.807, 2.05) is 0 Å². The third kappa shape index (κ3) is 4.44. The van der Waals surface area contributed by atoms with E-state index in [9.17, 15) is 18.4 Å². The predicted molar refractivity (Wildman–Crippen MR) is 63.6 cm³/mol. The Hall–Kier alpha value is -1.20. The first-order valence-corrected chi connectivity index (χ1v) is 6.24. The molecule has 0 spiro atoms. The minimum Gasteiger partial charge on any atom is -0.469 e. The molecule has 0 aromatic carbocycles. The molecular formula is C13H20F2O4. The van der Waals surface area contributed by atoms with Crippen molar-refractivity contribution < 1.29 is 27.8 Å². The van der Waals surface area contributed by atoms with E-state index >= 15 is 0 Å². The minimum atomic E-state index is -2.93. The molecule has 0 aliphatic heterocycles. The third-order valence-electron chi connectivity index (χ3n) is 3.04. The van der Waals surface area contributed by atoms with Gasteiger partial charge in [-0.05, 0) is 27.2 Å². The molecule has 0 heterocycles. The Labute approximate surface area is 111 Å². The zero-order valence-electron chi connectivity index (χ0n) is 11.7. The van der Waals surface area contributed by atoms with Crippen LogP contribution in [0.3, 0.4) is 0 Å². The topological polar surface area (TPSA) is 52.6 Å². The molecule has 110 valence electrons. The summed E-state index contributed by atoms with van der Waals surface area (Å²) >= 11 is 0. The fraction of sp³-hybridized carbons (Fsp3) is 0.846. The summed E-state index contributed by atoms with van der Waals surface area (Å²) < 4.78 is 36.4. The second-order valence-corrected chi connectivity index (χ2v) is 5.87. The van der Waals surface area contributed by atoms with E-state index in [1.54, 1.807) is 20.8 Å². The van der Waals surface area contributed by atoms with Crippen molar-refractivity contribution in [1.29, 1.82) is 0 Å². The maximum atomic E-state index is 13.4. The van der Waals surface area contributed by atoms with Gasteiger partial charge in [-0.2, -0.15) is 0 Å². The van der Waals surface area contributed by atoms with E-state index in [0.717, 1.165) is 7.11 Å². The SMILES string of the molecule is COC(=O)[C@@H]1CC(F)(F)CC[C@H]1C(=O)OC(C)(C)C. The zero-order valence-corrected chi connectivity index (χ0v) is 11.7. The first kappa shape index (κ1) is 15.9. The highest BCUT2D eigenvalue weighted by Crippen LogP contribution is 2.41. The van der Waals surface area contributed by atoms with Crippen molar-refractivity contribution in [3.8, 4) is 0 Å². The van der Waals surface area contributed by atoms with Gasteiger partial charge in [-0.3, -0.25) is 9.59 Å². The van der Waals surface area contributed by atoms with Gasteiger partial charge in [0, 0.05) is 12.8 Å². The number of esters is 2. The van der Waals surface area contributed by atoms with Crippen molar-refractivity contribution >= 4 is 11.9 Å². The number of carbonyl (C=O) groups is 2. The van der Waals surface area contributed by atoms with Gasteiger partial charge in [-0.15, -0.1) is 0 Å². The lowest BCUT2D eigenvalue weighted by Crippen LogP contribution is -2.43. The van der Waals surface area contributed by atoms with Gasteiger partial charge in [-0.25, -0.2) is 8.78 Å². The van der Waals surface area contributed by atoms with Gasteiger partial charge < -0.3 is 9.47 Å². The van der Waals surface area contributed by atoms with Gasteiger partial charge >= 0.3 is 11.9 Å². The number of alkyl halides is 2. The molecule has 1 aliphatic rings. The summed E-state index contributed by atoms with van der Waals surface area (Å²) in [6.07, 6.45) is -1.14. The first-order chi connectivity index (χ1) is 8.56. The van der Waals surface area contributed by atoms with Crippen LogP contribution in [-0.4, -0.2) is 30.6 Å². The smallest absolute Gasteiger partial charge is 0.310 e. The van der Waals surface area contributed by atoms with Crippen LogP contribution in [0.5, 0.6) is 0 Å². The number of ether oxygens (including phenoxy) is 2. The van der Waals surface area contributed by atoms with E-state index < -0.39 is 48.1 Å². The average Bonchev–Trinajstić information content (AvgIpc) is 2.24. The van der Waals surface area contributed by atoms with E-state index in [0.29, 0.717) is 0 Å². The normalized spacial score (nSPS) is 26.6. The lowest BCUT2D eigenvalue weighted by Gasteiger charge is -2.34. The van der Waals surface area contributed by atoms with Crippen molar-refractivity contribution in [3.63, 3.8) is 0 Å². The van der Waals surface area contributed by atoms with Crippen molar-refractivity contribution in [2.75, 3.05) is 7.11 Å². The molecule has 1 fully saturated rings. The van der Waals surface area contributed by atoms with Gasteiger partial charge in [0.1, 0.15) is 5.60 Å². The number of methoxy groups -OCH3 is 1. The Morgan fingerprint density at radius 1 is 1.16 bits per heavy atom. The van der Waals surface area contributed by atoms with Crippen LogP contribution in [0.4, 0.5) is 8.78 Å². The fourth-order valence-electron chi connectivity index (χ4n) is 2.19. The quantitative estimate of drug-likeness (QED) is 0.728. The van der Waals surface area contributed by atoms with Crippen LogP contribution in [0.15, 0.2) is 0 Å². The number of hydrogen-bond acceptors (Lipinski definition) is 4. The summed E-state index contributed by atoms with van der Waals surface area (Å²) in [6.45, 7) is 5.07. The molecular weight excluding hydrogens is 258 g/mol. The van der Waals surface area contributed by atoms with Crippen LogP contribution >= 0.6 is 0 Å². The minimum absolute atomic E-state index is 0.0678. The largest absolute Gasteiger partial charge is 0.469 e. The van der Waals surface area contributed by atoms with E-state index in [-0.39, 0.29) is 6.42 Å². The number of hydrogen-bond donors (Lipinski definition) is 0. The summed E-state index contributed by atoms with van der Waals surface area (Å²) in [5.74, 6) is -6.32. The fourth-order valence-corrected chi connectivity index (χ4v) is 2.19. The molecule has 2 atom stereocenters. The Morgan fingerprint density at radius 2 is 1.74 bits per heavy atom. The molecule has 0 saturated heterocycles.